The van der Waals surface area contributed by atoms with E-state index in [9.17, 15) is 5.11 Å². The van der Waals surface area contributed by atoms with Crippen LogP contribution in [-0.2, 0) is 13.0 Å². The summed E-state index contributed by atoms with van der Waals surface area (Å²) in [4.78, 5) is 0. The molecule has 1 aliphatic heterocycles. The molecule has 90 valence electrons. The summed E-state index contributed by atoms with van der Waals surface area (Å²) in [6.07, 6.45) is 2.00. The molecule has 3 N–H and O–H groups in total. The Morgan fingerprint density at radius 3 is 3.24 bits per heavy atom. The van der Waals surface area contributed by atoms with Crippen LogP contribution in [0.4, 0.5) is 0 Å². The van der Waals surface area contributed by atoms with Crippen LogP contribution in [0.5, 0.6) is 5.75 Å². The van der Waals surface area contributed by atoms with E-state index in [0.717, 1.165) is 22.2 Å². The van der Waals surface area contributed by atoms with Crippen LogP contribution in [0.15, 0.2) is 18.3 Å². The molecule has 1 aliphatic rings. The zero-order valence-corrected chi connectivity index (χ0v) is 9.47. The predicted octanol–water partition coefficient (Wildman–Crippen LogP) is 0.291. The Morgan fingerprint density at radius 2 is 2.41 bits per heavy atom. The number of benzene rings is 1. The number of nitrogens with zero attached hydrogens (tertiary/aromatic N) is 2. The Morgan fingerprint density at radius 1 is 1.53 bits per heavy atom. The van der Waals surface area contributed by atoms with Gasteiger partial charge in [0.25, 0.3) is 0 Å². The minimum atomic E-state index is -0.436. The summed E-state index contributed by atoms with van der Waals surface area (Å²) in [7, 11) is 0. The monoisotopic (exact) mass is 233 g/mol. The van der Waals surface area contributed by atoms with Crippen LogP contribution in [0.3, 0.4) is 0 Å². The highest BCUT2D eigenvalue weighted by Gasteiger charge is 2.21. The number of nitrogens with two attached hydrogens (primary N) is 1. The van der Waals surface area contributed by atoms with Crippen LogP contribution < -0.4 is 10.5 Å². The molecule has 3 rings (SSSR count). The van der Waals surface area contributed by atoms with Gasteiger partial charge >= 0.3 is 0 Å². The number of aliphatic hydroxyl groups excluding tert-OH is 1. The van der Waals surface area contributed by atoms with E-state index >= 15 is 0 Å². The van der Waals surface area contributed by atoms with E-state index in [4.69, 9.17) is 10.5 Å². The third kappa shape index (κ3) is 1.67. The van der Waals surface area contributed by atoms with Gasteiger partial charge in [-0.1, -0.05) is 0 Å². The summed E-state index contributed by atoms with van der Waals surface area (Å²) in [5.74, 6) is 0.849. The van der Waals surface area contributed by atoms with Crippen molar-refractivity contribution < 1.29 is 9.84 Å². The first-order valence-electron chi connectivity index (χ1n) is 5.78. The highest BCUT2D eigenvalue weighted by Crippen LogP contribution is 2.31. The molecule has 0 radical (unpaired) electrons. The van der Waals surface area contributed by atoms with Crippen LogP contribution in [-0.4, -0.2) is 34.1 Å². The molecule has 1 atom stereocenters. The Hall–Kier alpha value is -1.59. The number of aliphatic hydroxyl groups is 1. The fourth-order valence-corrected chi connectivity index (χ4v) is 2.34. The van der Waals surface area contributed by atoms with Crippen molar-refractivity contribution in [1.82, 2.24) is 9.78 Å². The van der Waals surface area contributed by atoms with Crippen molar-refractivity contribution in [2.45, 2.75) is 19.1 Å². The van der Waals surface area contributed by atoms with Crippen LogP contribution in [0, 0.1) is 0 Å². The smallest absolute Gasteiger partial charge is 0.124 e. The van der Waals surface area contributed by atoms with Gasteiger partial charge in [0, 0.05) is 23.9 Å². The highest BCUT2D eigenvalue weighted by molar-refractivity contribution is 5.84. The standard InChI is InChI=1S/C12H15N3O2/c13-3-4-15-12-8(6-14-15)1-2-11-10(12)5-9(16)7-17-11/h1-2,6,9,16H,3-5,7,13H2. The van der Waals surface area contributed by atoms with Crippen molar-refractivity contribution in [1.29, 1.82) is 0 Å². The number of fused-ring (bicyclic) bond motifs is 3. The minimum Gasteiger partial charge on any atom is -0.491 e. The summed E-state index contributed by atoms with van der Waals surface area (Å²) in [6, 6.07) is 3.93. The van der Waals surface area contributed by atoms with Crippen molar-refractivity contribution in [2.24, 2.45) is 5.73 Å². The summed E-state index contributed by atoms with van der Waals surface area (Å²) >= 11 is 0. The maximum absolute atomic E-state index is 9.69. The normalized spacial score (nSPS) is 19.1. The molecular weight excluding hydrogens is 218 g/mol. The van der Waals surface area contributed by atoms with E-state index < -0.39 is 6.10 Å². The van der Waals surface area contributed by atoms with Crippen LogP contribution in [0.2, 0.25) is 0 Å². The van der Waals surface area contributed by atoms with Gasteiger partial charge in [-0.15, -0.1) is 0 Å². The Bertz CT molecular complexity index is 550. The quantitative estimate of drug-likeness (QED) is 0.782. The predicted molar refractivity (Wildman–Crippen MR) is 64.0 cm³/mol. The maximum atomic E-state index is 9.69. The van der Waals surface area contributed by atoms with E-state index in [-0.39, 0.29) is 0 Å². The van der Waals surface area contributed by atoms with E-state index in [1.807, 2.05) is 23.0 Å². The zero-order chi connectivity index (χ0) is 11.8. The molecule has 2 aromatic rings. The first-order valence-corrected chi connectivity index (χ1v) is 5.78. The second kappa shape index (κ2) is 4.01. The lowest BCUT2D eigenvalue weighted by Gasteiger charge is -2.22. The summed E-state index contributed by atoms with van der Waals surface area (Å²) in [6.45, 7) is 1.59. The molecule has 0 saturated heterocycles. The molecule has 1 aromatic carbocycles. The molecule has 0 spiro atoms. The van der Waals surface area contributed by atoms with Gasteiger partial charge in [0.2, 0.25) is 0 Å². The Kier molecular flexibility index (Phi) is 2.49. The van der Waals surface area contributed by atoms with E-state index in [0.29, 0.717) is 26.1 Å². The fraction of sp³-hybridized carbons (Fsp3) is 0.417. The van der Waals surface area contributed by atoms with Crippen LogP contribution in [0.1, 0.15) is 5.56 Å². The second-order valence-electron chi connectivity index (χ2n) is 4.31. The zero-order valence-electron chi connectivity index (χ0n) is 9.47. The molecule has 1 aromatic heterocycles. The van der Waals surface area contributed by atoms with Gasteiger partial charge in [-0.3, -0.25) is 4.68 Å². The van der Waals surface area contributed by atoms with Gasteiger partial charge in [-0.2, -0.15) is 5.10 Å². The number of hydrogen-bond acceptors (Lipinski definition) is 4. The largest absolute Gasteiger partial charge is 0.491 e. The topological polar surface area (TPSA) is 73.3 Å². The van der Waals surface area contributed by atoms with Crippen molar-refractivity contribution in [3.8, 4) is 5.75 Å². The van der Waals surface area contributed by atoms with E-state index in [1.54, 1.807) is 0 Å². The average Bonchev–Trinajstić information content (AvgIpc) is 2.73. The molecule has 17 heavy (non-hydrogen) atoms. The number of rotatable bonds is 2. The first-order chi connectivity index (χ1) is 8.29. The van der Waals surface area contributed by atoms with Gasteiger partial charge < -0.3 is 15.6 Å². The number of ether oxygens (including phenoxy) is 1. The van der Waals surface area contributed by atoms with Crippen molar-refractivity contribution in [2.75, 3.05) is 13.2 Å². The number of hydrogen-bond donors (Lipinski definition) is 2. The van der Waals surface area contributed by atoms with Crippen LogP contribution in [0.25, 0.3) is 10.9 Å². The molecule has 0 bridgehead atoms. The molecule has 0 aliphatic carbocycles. The van der Waals surface area contributed by atoms with Crippen molar-refractivity contribution >= 4 is 10.9 Å². The summed E-state index contributed by atoms with van der Waals surface area (Å²) in [5, 5.41) is 15.1. The number of aromatic nitrogens is 2. The SMILES string of the molecule is NCCn1ncc2ccc3c(c21)CC(O)CO3. The third-order valence-corrected chi connectivity index (χ3v) is 3.08. The average molecular weight is 233 g/mol. The second-order valence-corrected chi connectivity index (χ2v) is 4.31. The Labute approximate surface area is 98.8 Å². The third-order valence-electron chi connectivity index (χ3n) is 3.08. The highest BCUT2D eigenvalue weighted by atomic mass is 16.5. The van der Waals surface area contributed by atoms with Gasteiger partial charge in [0.15, 0.2) is 0 Å². The minimum absolute atomic E-state index is 0.365. The van der Waals surface area contributed by atoms with Crippen LogP contribution >= 0.6 is 0 Å². The van der Waals surface area contributed by atoms with E-state index in [2.05, 4.69) is 5.10 Å². The van der Waals surface area contributed by atoms with Crippen molar-refractivity contribution in [3.05, 3.63) is 23.9 Å². The molecule has 0 fully saturated rings. The lowest BCUT2D eigenvalue weighted by atomic mass is 10.0. The Balaban J connectivity index is 2.20. The fourth-order valence-electron chi connectivity index (χ4n) is 2.34. The lowest BCUT2D eigenvalue weighted by Crippen LogP contribution is -2.26. The van der Waals surface area contributed by atoms with Gasteiger partial charge in [0.05, 0.1) is 24.4 Å². The molecule has 2 heterocycles. The van der Waals surface area contributed by atoms with Crippen molar-refractivity contribution in [3.63, 3.8) is 0 Å². The molecule has 0 saturated carbocycles. The van der Waals surface area contributed by atoms with Gasteiger partial charge in [-0.25, -0.2) is 0 Å². The van der Waals surface area contributed by atoms with Gasteiger partial charge in [0.1, 0.15) is 12.4 Å². The summed E-state index contributed by atoms with van der Waals surface area (Å²) < 4.78 is 7.41. The molecule has 5 nitrogen and oxygen atoms in total. The molecule has 0 amide bonds. The first kappa shape index (κ1) is 10.6. The lowest BCUT2D eigenvalue weighted by molar-refractivity contribution is 0.0926. The molecular formula is C12H15N3O2. The molecule has 5 heteroatoms. The summed E-state index contributed by atoms with van der Waals surface area (Å²) in [5.41, 5.74) is 7.64. The van der Waals surface area contributed by atoms with Gasteiger partial charge in [-0.05, 0) is 12.1 Å². The van der Waals surface area contributed by atoms with E-state index in [1.165, 1.54) is 0 Å². The maximum Gasteiger partial charge on any atom is 0.124 e. The molecule has 1 unspecified atom stereocenters.